The van der Waals surface area contributed by atoms with E-state index < -0.39 is 50.7 Å². The molecule has 7 heteroatoms. The Morgan fingerprint density at radius 3 is 2.07 bits per heavy atom. The molecule has 0 amide bonds. The van der Waals surface area contributed by atoms with Gasteiger partial charge in [-0.15, -0.1) is 0 Å². The molecule has 0 aliphatic carbocycles. The van der Waals surface area contributed by atoms with Gasteiger partial charge in [0.05, 0.1) is 0 Å². The fourth-order valence-electron chi connectivity index (χ4n) is 0.783. The van der Waals surface area contributed by atoms with Crippen LogP contribution in [0.4, 0.5) is 0 Å². The SMILES string of the molecule is C[Se]C(=O)[C@H](O)[C@@H](O)[C@H](O)[C@H](O)CO. The topological polar surface area (TPSA) is 118 Å². The van der Waals surface area contributed by atoms with Crippen molar-refractivity contribution in [2.24, 2.45) is 0 Å². The van der Waals surface area contributed by atoms with Crippen LogP contribution >= 0.6 is 0 Å². The van der Waals surface area contributed by atoms with Gasteiger partial charge in [0.25, 0.3) is 0 Å². The molecule has 4 atom stereocenters. The van der Waals surface area contributed by atoms with Crippen molar-refractivity contribution in [2.75, 3.05) is 6.61 Å². The Labute approximate surface area is 87.3 Å². The number of aliphatic hydroxyl groups excluding tert-OH is 5. The zero-order valence-electron chi connectivity index (χ0n) is 7.57. The summed E-state index contributed by atoms with van der Waals surface area (Å²) in [5, 5.41) is 44.9. The molecule has 0 bridgehead atoms. The molecule has 0 fully saturated rings. The molecule has 0 spiro atoms. The Morgan fingerprint density at radius 1 is 1.21 bits per heavy atom. The van der Waals surface area contributed by atoms with E-state index in [1.165, 1.54) is 0 Å². The Morgan fingerprint density at radius 2 is 1.71 bits per heavy atom. The van der Waals surface area contributed by atoms with Crippen molar-refractivity contribution in [3.63, 3.8) is 0 Å². The fourth-order valence-corrected chi connectivity index (χ4v) is 1.58. The van der Waals surface area contributed by atoms with Crippen LogP contribution in [0.15, 0.2) is 0 Å². The summed E-state index contributed by atoms with van der Waals surface area (Å²) in [6, 6.07) is 0. The molecule has 0 radical (unpaired) electrons. The molecular formula is C7H14O6Se. The standard InChI is InChI=1S/C7H14O6Se/c1-14-7(13)6(12)5(11)4(10)3(9)2-8/h3-6,8-12H,2H2,1H3/t3-,4-,5+,6-/m1/s1. The molecule has 0 rings (SSSR count). The van der Waals surface area contributed by atoms with E-state index in [1.54, 1.807) is 5.82 Å². The quantitative estimate of drug-likeness (QED) is 0.324. The van der Waals surface area contributed by atoms with Crippen LogP contribution in [0.5, 0.6) is 0 Å². The predicted octanol–water partition coefficient (Wildman–Crippen LogP) is -3.30. The number of hydrogen-bond acceptors (Lipinski definition) is 6. The van der Waals surface area contributed by atoms with Gasteiger partial charge >= 0.3 is 86.8 Å². The number of carbonyl (C=O) groups excluding carboxylic acids is 1. The number of carbonyl (C=O) groups is 1. The molecule has 0 saturated carbocycles. The molecule has 0 aliphatic heterocycles. The van der Waals surface area contributed by atoms with Crippen LogP contribution in [0.1, 0.15) is 0 Å². The molecule has 0 aromatic carbocycles. The first-order chi connectivity index (χ1) is 6.45. The van der Waals surface area contributed by atoms with Crippen LogP contribution in [0.3, 0.4) is 0 Å². The van der Waals surface area contributed by atoms with E-state index in [0.29, 0.717) is 0 Å². The van der Waals surface area contributed by atoms with Crippen LogP contribution in [0.25, 0.3) is 0 Å². The fraction of sp³-hybridized carbons (Fsp3) is 0.857. The molecular weight excluding hydrogens is 259 g/mol. The third kappa shape index (κ3) is 3.62. The second-order valence-electron chi connectivity index (χ2n) is 2.70. The van der Waals surface area contributed by atoms with Gasteiger partial charge in [-0.1, -0.05) is 0 Å². The van der Waals surface area contributed by atoms with Crippen molar-refractivity contribution in [2.45, 2.75) is 30.2 Å². The maximum atomic E-state index is 10.9. The first-order valence-electron chi connectivity index (χ1n) is 3.86. The second-order valence-corrected chi connectivity index (χ2v) is 4.40. The Bertz CT molecular complexity index is 187. The first-order valence-corrected chi connectivity index (χ1v) is 6.43. The molecule has 0 aliphatic rings. The summed E-state index contributed by atoms with van der Waals surface area (Å²) in [5.41, 5.74) is 0. The Kier molecular flexibility index (Phi) is 6.46. The van der Waals surface area contributed by atoms with Gasteiger partial charge in [-0.2, -0.15) is 0 Å². The molecule has 5 N–H and O–H groups in total. The zero-order chi connectivity index (χ0) is 11.3. The number of rotatable bonds is 6. The third-order valence-electron chi connectivity index (χ3n) is 1.70. The molecule has 84 valence electrons. The number of hydrogen-bond donors (Lipinski definition) is 5. The van der Waals surface area contributed by atoms with Crippen molar-refractivity contribution in [1.82, 2.24) is 0 Å². The van der Waals surface area contributed by atoms with Crippen molar-refractivity contribution < 1.29 is 30.3 Å². The first kappa shape index (κ1) is 14.0. The molecule has 6 nitrogen and oxygen atoms in total. The van der Waals surface area contributed by atoms with Gasteiger partial charge in [0.15, 0.2) is 0 Å². The van der Waals surface area contributed by atoms with Gasteiger partial charge in [-0.05, 0) is 0 Å². The van der Waals surface area contributed by atoms with E-state index in [4.69, 9.17) is 20.4 Å². The van der Waals surface area contributed by atoms with Crippen molar-refractivity contribution in [1.29, 1.82) is 0 Å². The van der Waals surface area contributed by atoms with Gasteiger partial charge in [0.2, 0.25) is 0 Å². The van der Waals surface area contributed by atoms with Crippen molar-refractivity contribution in [3.05, 3.63) is 0 Å². The van der Waals surface area contributed by atoms with E-state index in [9.17, 15) is 9.90 Å². The molecule has 14 heavy (non-hydrogen) atoms. The average Bonchev–Trinajstić information content (AvgIpc) is 2.23. The predicted molar refractivity (Wildman–Crippen MR) is 47.7 cm³/mol. The summed E-state index contributed by atoms with van der Waals surface area (Å²) in [6.45, 7) is -0.754. The van der Waals surface area contributed by atoms with Crippen LogP contribution < -0.4 is 0 Å². The molecule has 0 saturated heterocycles. The van der Waals surface area contributed by atoms with Crippen LogP contribution in [0.2, 0.25) is 5.82 Å². The molecule has 0 aromatic heterocycles. The van der Waals surface area contributed by atoms with E-state index >= 15 is 0 Å². The average molecular weight is 273 g/mol. The van der Waals surface area contributed by atoms with E-state index in [-0.39, 0.29) is 0 Å². The van der Waals surface area contributed by atoms with Crippen molar-refractivity contribution in [3.8, 4) is 0 Å². The van der Waals surface area contributed by atoms with E-state index in [0.717, 1.165) is 0 Å². The Hall–Kier alpha value is -0.0105. The summed E-state index contributed by atoms with van der Waals surface area (Å²) >= 11 is -0.496. The molecule has 0 unspecified atom stereocenters. The summed E-state index contributed by atoms with van der Waals surface area (Å²) in [5.74, 6) is 1.56. The van der Waals surface area contributed by atoms with Crippen molar-refractivity contribution >= 4 is 19.6 Å². The second kappa shape index (κ2) is 6.47. The number of aliphatic hydroxyl groups is 5. The summed E-state index contributed by atoms with van der Waals surface area (Å²) in [4.78, 5) is 10.9. The Balaban J connectivity index is 4.30. The summed E-state index contributed by atoms with van der Waals surface area (Å²) < 4.78 is -0.575. The van der Waals surface area contributed by atoms with Crippen LogP contribution in [-0.4, -0.2) is 76.2 Å². The third-order valence-corrected chi connectivity index (χ3v) is 3.05. The normalized spacial score (nSPS) is 19.9. The monoisotopic (exact) mass is 274 g/mol. The minimum atomic E-state index is -1.77. The van der Waals surface area contributed by atoms with E-state index in [1.807, 2.05) is 0 Å². The zero-order valence-corrected chi connectivity index (χ0v) is 9.28. The maximum absolute atomic E-state index is 10.9. The summed E-state index contributed by atoms with van der Waals surface area (Å²) in [7, 11) is 0. The molecule has 0 heterocycles. The van der Waals surface area contributed by atoms with Crippen LogP contribution in [-0.2, 0) is 4.79 Å². The minimum absolute atomic E-state index is 0.496. The van der Waals surface area contributed by atoms with Crippen LogP contribution in [0, 0.1) is 0 Å². The van der Waals surface area contributed by atoms with Gasteiger partial charge in [0.1, 0.15) is 0 Å². The molecule has 0 aromatic rings. The van der Waals surface area contributed by atoms with Gasteiger partial charge in [0, 0.05) is 0 Å². The van der Waals surface area contributed by atoms with Gasteiger partial charge in [-0.3, -0.25) is 0 Å². The summed E-state index contributed by atoms with van der Waals surface area (Å²) in [6.07, 6.45) is -6.79. The van der Waals surface area contributed by atoms with Gasteiger partial charge in [-0.25, -0.2) is 0 Å². The van der Waals surface area contributed by atoms with E-state index in [2.05, 4.69) is 0 Å². The van der Waals surface area contributed by atoms with Gasteiger partial charge < -0.3 is 0 Å².